The predicted molar refractivity (Wildman–Crippen MR) is 106 cm³/mol. The molecule has 3 rings (SSSR count). The van der Waals surface area contributed by atoms with Crippen LogP contribution in [0.3, 0.4) is 0 Å². The number of nitrogens with zero attached hydrogens (tertiary/aromatic N) is 1. The highest BCUT2D eigenvalue weighted by Crippen LogP contribution is 2.27. The second-order valence-corrected chi connectivity index (χ2v) is 8.67. The Labute approximate surface area is 160 Å². The van der Waals surface area contributed by atoms with Gasteiger partial charge < -0.3 is 9.84 Å². The SMILES string of the molecule is CC(=O)Nc1c(C)noc1/C=C/c1ccc(S(=O)(=O)Nc2ccccc2)s1. The first-order valence-corrected chi connectivity index (χ1v) is 10.2. The number of anilines is 2. The molecule has 0 spiro atoms. The second kappa shape index (κ2) is 7.77. The molecule has 0 unspecified atom stereocenters. The van der Waals surface area contributed by atoms with Crippen LogP contribution in [-0.2, 0) is 14.8 Å². The van der Waals surface area contributed by atoms with E-state index in [0.29, 0.717) is 27.7 Å². The van der Waals surface area contributed by atoms with E-state index < -0.39 is 10.0 Å². The van der Waals surface area contributed by atoms with Crippen LogP contribution in [0.4, 0.5) is 11.4 Å². The number of hydrogen-bond acceptors (Lipinski definition) is 6. The van der Waals surface area contributed by atoms with Gasteiger partial charge in [0.2, 0.25) is 5.91 Å². The predicted octanol–water partition coefficient (Wildman–Crippen LogP) is 3.97. The molecule has 2 N–H and O–H groups in total. The number of aryl methyl sites for hydroxylation is 1. The molecular formula is C18H17N3O4S2. The van der Waals surface area contributed by atoms with Crippen molar-refractivity contribution < 1.29 is 17.7 Å². The molecule has 2 aromatic heterocycles. The lowest BCUT2D eigenvalue weighted by Gasteiger charge is -2.05. The first kappa shape index (κ1) is 18.9. The zero-order valence-corrected chi connectivity index (χ0v) is 16.2. The molecule has 2 heterocycles. The van der Waals surface area contributed by atoms with Crippen LogP contribution in [-0.4, -0.2) is 19.5 Å². The summed E-state index contributed by atoms with van der Waals surface area (Å²) in [4.78, 5) is 12.0. The van der Waals surface area contributed by atoms with E-state index in [1.165, 1.54) is 13.0 Å². The Morgan fingerprint density at radius 3 is 2.59 bits per heavy atom. The van der Waals surface area contributed by atoms with Gasteiger partial charge >= 0.3 is 0 Å². The second-order valence-electron chi connectivity index (χ2n) is 5.65. The van der Waals surface area contributed by atoms with Gasteiger partial charge in [-0.2, -0.15) is 0 Å². The third kappa shape index (κ3) is 4.63. The molecule has 0 aliphatic heterocycles. The van der Waals surface area contributed by atoms with Crippen molar-refractivity contribution in [2.24, 2.45) is 0 Å². The average Bonchev–Trinajstić information content (AvgIpc) is 3.22. The number of aromatic nitrogens is 1. The van der Waals surface area contributed by atoms with Gasteiger partial charge in [-0.15, -0.1) is 11.3 Å². The lowest BCUT2D eigenvalue weighted by molar-refractivity contribution is -0.114. The van der Waals surface area contributed by atoms with Gasteiger partial charge in [-0.05, 0) is 43.3 Å². The number of hydrogen-bond donors (Lipinski definition) is 2. The summed E-state index contributed by atoms with van der Waals surface area (Å²) in [5, 5.41) is 6.50. The molecule has 0 radical (unpaired) electrons. The maximum absolute atomic E-state index is 12.5. The van der Waals surface area contributed by atoms with E-state index in [-0.39, 0.29) is 10.1 Å². The van der Waals surface area contributed by atoms with Crippen molar-refractivity contribution >= 4 is 50.8 Å². The summed E-state index contributed by atoms with van der Waals surface area (Å²) in [6.45, 7) is 3.12. The summed E-state index contributed by atoms with van der Waals surface area (Å²) in [5.41, 5.74) is 1.56. The van der Waals surface area contributed by atoms with Crippen LogP contribution < -0.4 is 10.0 Å². The fourth-order valence-corrected chi connectivity index (χ4v) is 4.55. The first-order chi connectivity index (χ1) is 12.8. The van der Waals surface area contributed by atoms with Crippen LogP contribution in [0.15, 0.2) is 51.2 Å². The minimum absolute atomic E-state index is 0.196. The molecular weight excluding hydrogens is 386 g/mol. The number of rotatable bonds is 6. The van der Waals surface area contributed by atoms with E-state index >= 15 is 0 Å². The van der Waals surface area contributed by atoms with Crippen LogP contribution in [0.1, 0.15) is 23.3 Å². The molecule has 9 heteroatoms. The number of amides is 1. The summed E-state index contributed by atoms with van der Waals surface area (Å²) in [5.74, 6) is 0.162. The number of sulfonamides is 1. The van der Waals surface area contributed by atoms with Crippen molar-refractivity contribution in [3.8, 4) is 0 Å². The minimum atomic E-state index is -3.65. The van der Waals surface area contributed by atoms with Crippen molar-refractivity contribution in [1.82, 2.24) is 5.16 Å². The summed E-state index contributed by atoms with van der Waals surface area (Å²) < 4.78 is 32.9. The van der Waals surface area contributed by atoms with E-state index in [2.05, 4.69) is 15.2 Å². The molecule has 1 aromatic carbocycles. The van der Waals surface area contributed by atoms with Crippen LogP contribution in [0.25, 0.3) is 12.2 Å². The molecule has 0 saturated heterocycles. The fraction of sp³-hybridized carbons (Fsp3) is 0.111. The van der Waals surface area contributed by atoms with Crippen molar-refractivity contribution in [3.63, 3.8) is 0 Å². The number of carbonyl (C=O) groups is 1. The van der Waals surface area contributed by atoms with E-state index in [9.17, 15) is 13.2 Å². The van der Waals surface area contributed by atoms with Gasteiger partial charge in [-0.1, -0.05) is 23.4 Å². The van der Waals surface area contributed by atoms with Gasteiger partial charge in [0.25, 0.3) is 10.0 Å². The molecule has 27 heavy (non-hydrogen) atoms. The summed E-state index contributed by atoms with van der Waals surface area (Å²) in [6.07, 6.45) is 3.34. The maximum atomic E-state index is 12.5. The maximum Gasteiger partial charge on any atom is 0.271 e. The van der Waals surface area contributed by atoms with Gasteiger partial charge in [-0.3, -0.25) is 9.52 Å². The highest BCUT2D eigenvalue weighted by atomic mass is 32.2. The van der Waals surface area contributed by atoms with E-state index in [1.54, 1.807) is 49.4 Å². The monoisotopic (exact) mass is 403 g/mol. The standard InChI is InChI=1S/C18H17N3O4S2/c1-12-18(19-13(2)22)16(25-20-12)10-8-15-9-11-17(26-15)27(23,24)21-14-6-4-3-5-7-14/h3-11,21H,1-2H3,(H,19,22)/b10-8+. The fourth-order valence-electron chi connectivity index (χ4n) is 2.27. The van der Waals surface area contributed by atoms with E-state index in [1.807, 2.05) is 6.07 Å². The van der Waals surface area contributed by atoms with E-state index in [4.69, 9.17) is 4.52 Å². The number of nitrogens with one attached hydrogen (secondary N) is 2. The Kier molecular flexibility index (Phi) is 5.43. The van der Waals surface area contributed by atoms with Gasteiger partial charge in [-0.25, -0.2) is 8.42 Å². The van der Waals surface area contributed by atoms with Crippen molar-refractivity contribution in [2.75, 3.05) is 10.0 Å². The van der Waals surface area contributed by atoms with Crippen molar-refractivity contribution in [1.29, 1.82) is 0 Å². The van der Waals surface area contributed by atoms with Crippen LogP contribution in [0, 0.1) is 6.92 Å². The number of benzene rings is 1. The molecule has 0 aliphatic rings. The van der Waals surface area contributed by atoms with Gasteiger partial charge in [0.15, 0.2) is 5.76 Å². The minimum Gasteiger partial charge on any atom is -0.354 e. The smallest absolute Gasteiger partial charge is 0.271 e. The molecule has 7 nitrogen and oxygen atoms in total. The van der Waals surface area contributed by atoms with Crippen LogP contribution >= 0.6 is 11.3 Å². The number of carbonyl (C=O) groups excluding carboxylic acids is 1. The largest absolute Gasteiger partial charge is 0.354 e. The molecule has 0 atom stereocenters. The first-order valence-electron chi connectivity index (χ1n) is 7.95. The Bertz CT molecular complexity index is 1080. The summed E-state index contributed by atoms with van der Waals surface area (Å²) >= 11 is 1.12. The lowest BCUT2D eigenvalue weighted by Crippen LogP contribution is -2.11. The van der Waals surface area contributed by atoms with E-state index in [0.717, 1.165) is 11.3 Å². The molecule has 0 aliphatic carbocycles. The zero-order valence-electron chi connectivity index (χ0n) is 14.6. The van der Waals surface area contributed by atoms with Gasteiger partial charge in [0.1, 0.15) is 15.6 Å². The van der Waals surface area contributed by atoms with Crippen molar-refractivity contribution in [2.45, 2.75) is 18.1 Å². The summed E-state index contributed by atoms with van der Waals surface area (Å²) in [7, 11) is -3.65. The summed E-state index contributed by atoms with van der Waals surface area (Å²) in [6, 6.07) is 11.9. The Balaban J connectivity index is 1.78. The third-order valence-corrected chi connectivity index (χ3v) is 6.41. The quantitative estimate of drug-likeness (QED) is 0.648. The lowest BCUT2D eigenvalue weighted by atomic mass is 10.2. The molecule has 0 saturated carbocycles. The van der Waals surface area contributed by atoms with Crippen molar-refractivity contribution in [3.05, 3.63) is 58.8 Å². The molecule has 0 bridgehead atoms. The Morgan fingerprint density at radius 1 is 1.15 bits per heavy atom. The highest BCUT2D eigenvalue weighted by molar-refractivity contribution is 7.94. The Hall–Kier alpha value is -2.91. The molecule has 140 valence electrons. The molecule has 1 amide bonds. The molecule has 0 fully saturated rings. The Morgan fingerprint density at radius 2 is 1.89 bits per heavy atom. The molecule has 3 aromatic rings. The highest BCUT2D eigenvalue weighted by Gasteiger charge is 2.17. The third-order valence-electron chi connectivity index (χ3n) is 3.48. The van der Waals surface area contributed by atoms with Gasteiger partial charge in [0.05, 0.1) is 0 Å². The topological polar surface area (TPSA) is 101 Å². The number of thiophene rings is 1. The average molecular weight is 403 g/mol. The normalized spacial score (nSPS) is 11.6. The number of para-hydroxylation sites is 1. The van der Waals surface area contributed by atoms with Gasteiger partial charge in [0, 0.05) is 17.5 Å². The van der Waals surface area contributed by atoms with Crippen LogP contribution in [0.2, 0.25) is 0 Å². The van der Waals surface area contributed by atoms with Crippen LogP contribution in [0.5, 0.6) is 0 Å². The zero-order chi connectivity index (χ0) is 19.4.